The summed E-state index contributed by atoms with van der Waals surface area (Å²) in [5, 5.41) is 6.63. The van der Waals surface area contributed by atoms with Crippen molar-refractivity contribution in [1.82, 2.24) is 25.0 Å². The summed E-state index contributed by atoms with van der Waals surface area (Å²) in [6.45, 7) is 4.37. The standard InChI is InChI=1S/C12H19N5O2/c1-4-8(2)11-12(19)13-5-10(18)17(11)6-9-14-7-15-16(9)3/h7-8,11H,4-6H2,1-3H3,(H,13,19). The molecule has 1 fully saturated rings. The number of nitrogens with one attached hydrogen (secondary N) is 1. The number of nitrogens with zero attached hydrogens (tertiary/aromatic N) is 4. The number of rotatable bonds is 4. The Balaban J connectivity index is 2.24. The van der Waals surface area contributed by atoms with E-state index >= 15 is 0 Å². The minimum atomic E-state index is -0.428. The van der Waals surface area contributed by atoms with Crippen molar-refractivity contribution in [3.8, 4) is 0 Å². The van der Waals surface area contributed by atoms with Gasteiger partial charge < -0.3 is 10.2 Å². The maximum absolute atomic E-state index is 12.1. The first-order chi connectivity index (χ1) is 9.04. The van der Waals surface area contributed by atoms with Gasteiger partial charge in [-0.05, 0) is 5.92 Å². The number of piperazine rings is 1. The molecule has 2 rings (SSSR count). The van der Waals surface area contributed by atoms with Gasteiger partial charge in [-0.3, -0.25) is 14.3 Å². The molecule has 1 aliphatic rings. The molecule has 7 heteroatoms. The SMILES string of the molecule is CCC(C)C1C(=O)NCC(=O)N1Cc1ncnn1C. The molecule has 1 N–H and O–H groups in total. The number of carbonyl (C=O) groups is 2. The van der Waals surface area contributed by atoms with Gasteiger partial charge >= 0.3 is 0 Å². The average molecular weight is 265 g/mol. The molecule has 0 radical (unpaired) electrons. The Hall–Kier alpha value is -1.92. The molecule has 0 bridgehead atoms. The van der Waals surface area contributed by atoms with Crippen molar-refractivity contribution in [2.24, 2.45) is 13.0 Å². The monoisotopic (exact) mass is 265 g/mol. The van der Waals surface area contributed by atoms with Crippen LogP contribution < -0.4 is 5.32 Å². The molecule has 0 aromatic carbocycles. The van der Waals surface area contributed by atoms with Crippen LogP contribution in [0.5, 0.6) is 0 Å². The molecular weight excluding hydrogens is 246 g/mol. The maximum Gasteiger partial charge on any atom is 0.243 e. The molecule has 104 valence electrons. The smallest absolute Gasteiger partial charge is 0.243 e. The molecule has 1 aromatic rings. The van der Waals surface area contributed by atoms with Crippen LogP contribution in [-0.2, 0) is 23.2 Å². The molecule has 2 unspecified atom stereocenters. The van der Waals surface area contributed by atoms with Crippen molar-refractivity contribution < 1.29 is 9.59 Å². The van der Waals surface area contributed by atoms with E-state index in [0.29, 0.717) is 12.4 Å². The molecule has 1 aromatic heterocycles. The summed E-state index contributed by atoms with van der Waals surface area (Å²) in [5.74, 6) is 0.623. The van der Waals surface area contributed by atoms with Crippen molar-refractivity contribution in [2.45, 2.75) is 32.9 Å². The lowest BCUT2D eigenvalue weighted by Gasteiger charge is -2.37. The minimum Gasteiger partial charge on any atom is -0.345 e. The number of hydrogen-bond acceptors (Lipinski definition) is 4. The number of hydrogen-bond donors (Lipinski definition) is 1. The Morgan fingerprint density at radius 3 is 2.84 bits per heavy atom. The minimum absolute atomic E-state index is 0.0591. The van der Waals surface area contributed by atoms with Gasteiger partial charge in [0.25, 0.3) is 0 Å². The Morgan fingerprint density at radius 2 is 2.26 bits per heavy atom. The van der Waals surface area contributed by atoms with Crippen LogP contribution >= 0.6 is 0 Å². The largest absolute Gasteiger partial charge is 0.345 e. The van der Waals surface area contributed by atoms with Crippen molar-refractivity contribution in [3.05, 3.63) is 12.2 Å². The second-order valence-electron chi connectivity index (χ2n) is 4.87. The van der Waals surface area contributed by atoms with Gasteiger partial charge in [-0.15, -0.1) is 0 Å². The van der Waals surface area contributed by atoms with Crippen LogP contribution in [0.25, 0.3) is 0 Å². The Kier molecular flexibility index (Phi) is 3.82. The van der Waals surface area contributed by atoms with Gasteiger partial charge in [-0.2, -0.15) is 5.10 Å². The third-order valence-electron chi connectivity index (χ3n) is 3.64. The van der Waals surface area contributed by atoms with Crippen LogP contribution in [-0.4, -0.2) is 44.1 Å². The third-order valence-corrected chi connectivity index (χ3v) is 3.64. The molecule has 2 amide bonds. The van der Waals surface area contributed by atoms with Crippen LogP contribution in [0.15, 0.2) is 6.33 Å². The van der Waals surface area contributed by atoms with Crippen LogP contribution in [0.2, 0.25) is 0 Å². The van der Waals surface area contributed by atoms with E-state index in [2.05, 4.69) is 15.4 Å². The normalized spacial score (nSPS) is 21.4. The zero-order valence-corrected chi connectivity index (χ0v) is 11.5. The fourth-order valence-corrected chi connectivity index (χ4v) is 2.26. The molecule has 1 aliphatic heterocycles. The summed E-state index contributed by atoms with van der Waals surface area (Å²) in [5.41, 5.74) is 0. The zero-order chi connectivity index (χ0) is 14.0. The average Bonchev–Trinajstić information content (AvgIpc) is 2.79. The van der Waals surface area contributed by atoms with Gasteiger partial charge in [0.2, 0.25) is 11.8 Å². The first kappa shape index (κ1) is 13.5. The van der Waals surface area contributed by atoms with Crippen LogP contribution in [0, 0.1) is 5.92 Å². The number of aryl methyl sites for hydroxylation is 1. The summed E-state index contributed by atoms with van der Waals surface area (Å²) >= 11 is 0. The number of carbonyl (C=O) groups excluding carboxylic acids is 2. The van der Waals surface area contributed by atoms with Crippen molar-refractivity contribution >= 4 is 11.8 Å². The van der Waals surface area contributed by atoms with Gasteiger partial charge in [-0.1, -0.05) is 20.3 Å². The van der Waals surface area contributed by atoms with Gasteiger partial charge in [0, 0.05) is 7.05 Å². The van der Waals surface area contributed by atoms with Gasteiger partial charge in [0.15, 0.2) is 0 Å². The van der Waals surface area contributed by atoms with E-state index in [1.165, 1.54) is 6.33 Å². The Labute approximate surface area is 112 Å². The van der Waals surface area contributed by atoms with E-state index in [1.807, 2.05) is 13.8 Å². The van der Waals surface area contributed by atoms with Gasteiger partial charge in [0.1, 0.15) is 18.2 Å². The van der Waals surface area contributed by atoms with E-state index in [1.54, 1.807) is 16.6 Å². The van der Waals surface area contributed by atoms with Crippen LogP contribution in [0.3, 0.4) is 0 Å². The summed E-state index contributed by atoms with van der Waals surface area (Å²) in [6, 6.07) is -0.428. The summed E-state index contributed by atoms with van der Waals surface area (Å²) in [7, 11) is 1.77. The summed E-state index contributed by atoms with van der Waals surface area (Å²) in [4.78, 5) is 29.8. The highest BCUT2D eigenvalue weighted by Gasteiger charge is 2.37. The third kappa shape index (κ3) is 2.59. The van der Waals surface area contributed by atoms with Crippen LogP contribution in [0.4, 0.5) is 0 Å². The second kappa shape index (κ2) is 5.38. The number of aromatic nitrogens is 3. The molecule has 2 heterocycles. The highest BCUT2D eigenvalue weighted by Crippen LogP contribution is 2.19. The quantitative estimate of drug-likeness (QED) is 0.809. The highest BCUT2D eigenvalue weighted by atomic mass is 16.2. The van der Waals surface area contributed by atoms with Crippen molar-refractivity contribution in [3.63, 3.8) is 0 Å². The molecular formula is C12H19N5O2. The van der Waals surface area contributed by atoms with Gasteiger partial charge in [-0.25, -0.2) is 4.98 Å². The molecule has 7 nitrogen and oxygen atoms in total. The fraction of sp³-hybridized carbons (Fsp3) is 0.667. The van der Waals surface area contributed by atoms with Crippen LogP contribution in [0.1, 0.15) is 26.1 Å². The van der Waals surface area contributed by atoms with E-state index < -0.39 is 6.04 Å². The van der Waals surface area contributed by atoms with E-state index in [4.69, 9.17) is 0 Å². The molecule has 2 atom stereocenters. The first-order valence-electron chi connectivity index (χ1n) is 6.44. The highest BCUT2D eigenvalue weighted by molar-refractivity contribution is 5.94. The lowest BCUT2D eigenvalue weighted by atomic mass is 9.95. The zero-order valence-electron chi connectivity index (χ0n) is 11.5. The lowest BCUT2D eigenvalue weighted by Crippen LogP contribution is -2.60. The molecule has 0 spiro atoms. The fourth-order valence-electron chi connectivity index (χ4n) is 2.26. The predicted molar refractivity (Wildman–Crippen MR) is 67.8 cm³/mol. The summed E-state index contributed by atoms with van der Waals surface area (Å²) < 4.78 is 1.62. The Bertz CT molecular complexity index is 484. The van der Waals surface area contributed by atoms with Gasteiger partial charge in [0.05, 0.1) is 13.1 Å². The molecule has 1 saturated heterocycles. The molecule has 0 saturated carbocycles. The lowest BCUT2D eigenvalue weighted by molar-refractivity contribution is -0.148. The second-order valence-corrected chi connectivity index (χ2v) is 4.87. The Morgan fingerprint density at radius 1 is 1.53 bits per heavy atom. The topological polar surface area (TPSA) is 80.1 Å². The molecule has 0 aliphatic carbocycles. The summed E-state index contributed by atoms with van der Waals surface area (Å²) in [6.07, 6.45) is 2.28. The first-order valence-corrected chi connectivity index (χ1v) is 6.44. The van der Waals surface area contributed by atoms with Crippen molar-refractivity contribution in [2.75, 3.05) is 6.54 Å². The predicted octanol–water partition coefficient (Wildman–Crippen LogP) is -0.312. The molecule has 19 heavy (non-hydrogen) atoms. The maximum atomic E-state index is 12.1. The number of amides is 2. The van der Waals surface area contributed by atoms with Crippen molar-refractivity contribution in [1.29, 1.82) is 0 Å². The van der Waals surface area contributed by atoms with E-state index in [0.717, 1.165) is 6.42 Å². The van der Waals surface area contributed by atoms with E-state index in [-0.39, 0.29) is 24.3 Å². The van der Waals surface area contributed by atoms with E-state index in [9.17, 15) is 9.59 Å².